The van der Waals surface area contributed by atoms with Gasteiger partial charge in [0.15, 0.2) is 0 Å². The van der Waals surface area contributed by atoms with Gasteiger partial charge < -0.3 is 15.3 Å². The monoisotopic (exact) mass is 296 g/mol. The van der Waals surface area contributed by atoms with Crippen LogP contribution in [-0.4, -0.2) is 48.3 Å². The molecular weight excluding hydrogens is 260 g/mol. The van der Waals surface area contributed by atoms with Crippen molar-refractivity contribution in [3.63, 3.8) is 0 Å². The van der Waals surface area contributed by atoms with E-state index in [9.17, 15) is 0 Å². The summed E-state index contributed by atoms with van der Waals surface area (Å²) in [5.41, 5.74) is 0.445. The molecule has 1 saturated heterocycles. The maximum Gasteiger partial charge on any atom is 0.0431 e. The number of aliphatic hydroxyl groups excluding tert-OH is 1. The summed E-state index contributed by atoms with van der Waals surface area (Å²) in [4.78, 5) is 2.72. The molecule has 3 nitrogen and oxygen atoms in total. The first-order valence-corrected chi connectivity index (χ1v) is 9.16. The summed E-state index contributed by atoms with van der Waals surface area (Å²) in [5.74, 6) is 0.807. The van der Waals surface area contributed by atoms with Crippen molar-refractivity contribution >= 4 is 0 Å². The van der Waals surface area contributed by atoms with E-state index < -0.39 is 0 Å². The molecule has 0 spiro atoms. The fourth-order valence-electron chi connectivity index (χ4n) is 4.55. The van der Waals surface area contributed by atoms with Crippen LogP contribution < -0.4 is 5.32 Å². The summed E-state index contributed by atoms with van der Waals surface area (Å²) in [6.07, 6.45) is 8.78. The van der Waals surface area contributed by atoms with E-state index in [-0.39, 0.29) is 0 Å². The van der Waals surface area contributed by atoms with Gasteiger partial charge in [0.25, 0.3) is 0 Å². The molecule has 2 rings (SSSR count). The zero-order valence-electron chi connectivity index (χ0n) is 14.4. The highest BCUT2D eigenvalue weighted by molar-refractivity contribution is 4.98. The lowest BCUT2D eigenvalue weighted by atomic mass is 9.84. The fourth-order valence-corrected chi connectivity index (χ4v) is 4.55. The largest absolute Gasteiger partial charge is 0.396 e. The number of hydrogen-bond donors (Lipinski definition) is 2. The molecule has 2 aliphatic rings. The van der Waals surface area contributed by atoms with Gasteiger partial charge in [0, 0.05) is 25.2 Å². The Bertz CT molecular complexity index is 306. The molecule has 1 heterocycles. The average molecular weight is 296 g/mol. The van der Waals surface area contributed by atoms with E-state index in [1.165, 1.54) is 51.6 Å². The second-order valence-electron chi connectivity index (χ2n) is 7.88. The Balaban J connectivity index is 1.90. The Hall–Kier alpha value is -0.120. The number of aliphatic hydroxyl groups is 1. The van der Waals surface area contributed by atoms with E-state index in [1.807, 2.05) is 0 Å². The SMILES string of the molecule is CCCNC1C(CN2CCCC2CCCO)CCC1(C)C. The van der Waals surface area contributed by atoms with Gasteiger partial charge in [-0.2, -0.15) is 0 Å². The molecule has 1 saturated carbocycles. The maximum atomic E-state index is 9.08. The van der Waals surface area contributed by atoms with Crippen LogP contribution >= 0.6 is 0 Å². The number of nitrogens with zero attached hydrogens (tertiary/aromatic N) is 1. The molecular formula is C18H36N2O. The summed E-state index contributed by atoms with van der Waals surface area (Å²) in [5, 5.41) is 12.9. The molecule has 3 heteroatoms. The first-order valence-electron chi connectivity index (χ1n) is 9.16. The molecule has 0 radical (unpaired) electrons. The van der Waals surface area contributed by atoms with Crippen molar-refractivity contribution in [3.05, 3.63) is 0 Å². The molecule has 1 aliphatic heterocycles. The second-order valence-corrected chi connectivity index (χ2v) is 7.88. The molecule has 3 unspecified atom stereocenters. The van der Waals surface area contributed by atoms with Crippen LogP contribution in [0.3, 0.4) is 0 Å². The van der Waals surface area contributed by atoms with Crippen LogP contribution in [0.1, 0.15) is 65.7 Å². The van der Waals surface area contributed by atoms with Gasteiger partial charge in [-0.1, -0.05) is 20.8 Å². The van der Waals surface area contributed by atoms with Crippen molar-refractivity contribution in [1.29, 1.82) is 0 Å². The third kappa shape index (κ3) is 4.43. The van der Waals surface area contributed by atoms with E-state index >= 15 is 0 Å². The Labute approximate surface area is 131 Å². The van der Waals surface area contributed by atoms with Gasteiger partial charge in [0.2, 0.25) is 0 Å². The van der Waals surface area contributed by atoms with Gasteiger partial charge in [-0.3, -0.25) is 0 Å². The Morgan fingerprint density at radius 3 is 2.81 bits per heavy atom. The van der Waals surface area contributed by atoms with Gasteiger partial charge in [-0.25, -0.2) is 0 Å². The van der Waals surface area contributed by atoms with Gasteiger partial charge in [-0.15, -0.1) is 0 Å². The van der Waals surface area contributed by atoms with Crippen molar-refractivity contribution < 1.29 is 5.11 Å². The summed E-state index contributed by atoms with van der Waals surface area (Å²) in [6, 6.07) is 1.41. The fraction of sp³-hybridized carbons (Fsp3) is 1.00. The average Bonchev–Trinajstić information content (AvgIpc) is 3.00. The lowest BCUT2D eigenvalue weighted by Gasteiger charge is -2.35. The normalized spacial score (nSPS) is 32.9. The van der Waals surface area contributed by atoms with Crippen molar-refractivity contribution in [2.75, 3.05) is 26.2 Å². The Morgan fingerprint density at radius 2 is 2.10 bits per heavy atom. The minimum Gasteiger partial charge on any atom is -0.396 e. The van der Waals surface area contributed by atoms with E-state index in [1.54, 1.807) is 0 Å². The molecule has 0 aromatic heterocycles. The number of hydrogen-bond acceptors (Lipinski definition) is 3. The number of nitrogens with one attached hydrogen (secondary N) is 1. The molecule has 21 heavy (non-hydrogen) atoms. The third-order valence-electron chi connectivity index (χ3n) is 5.75. The lowest BCUT2D eigenvalue weighted by Crippen LogP contribution is -2.46. The molecule has 2 N–H and O–H groups in total. The zero-order valence-corrected chi connectivity index (χ0v) is 14.4. The van der Waals surface area contributed by atoms with Gasteiger partial charge in [0.1, 0.15) is 0 Å². The van der Waals surface area contributed by atoms with Crippen LogP contribution in [0.2, 0.25) is 0 Å². The van der Waals surface area contributed by atoms with Gasteiger partial charge >= 0.3 is 0 Å². The summed E-state index contributed by atoms with van der Waals surface area (Å²) >= 11 is 0. The zero-order chi connectivity index (χ0) is 15.3. The summed E-state index contributed by atoms with van der Waals surface area (Å²) in [7, 11) is 0. The first-order chi connectivity index (χ1) is 10.1. The van der Waals surface area contributed by atoms with E-state index in [0.717, 1.165) is 24.9 Å². The van der Waals surface area contributed by atoms with Gasteiger partial charge in [-0.05, 0) is 69.4 Å². The number of rotatable bonds is 8. The number of likely N-dealkylation sites (tertiary alicyclic amines) is 1. The van der Waals surface area contributed by atoms with Crippen molar-refractivity contribution in [1.82, 2.24) is 10.2 Å². The minimum atomic E-state index is 0.349. The van der Waals surface area contributed by atoms with Crippen LogP contribution in [0.4, 0.5) is 0 Å². The first kappa shape index (κ1) is 17.2. The topological polar surface area (TPSA) is 35.5 Å². The van der Waals surface area contributed by atoms with E-state index in [4.69, 9.17) is 5.11 Å². The van der Waals surface area contributed by atoms with Crippen molar-refractivity contribution in [2.24, 2.45) is 11.3 Å². The lowest BCUT2D eigenvalue weighted by molar-refractivity contribution is 0.162. The van der Waals surface area contributed by atoms with Crippen LogP contribution in [0.15, 0.2) is 0 Å². The molecule has 0 aromatic carbocycles. The molecule has 0 bridgehead atoms. The molecule has 0 amide bonds. The highest BCUT2D eigenvalue weighted by Crippen LogP contribution is 2.42. The second kappa shape index (κ2) is 7.94. The molecule has 124 valence electrons. The molecule has 3 atom stereocenters. The van der Waals surface area contributed by atoms with Crippen molar-refractivity contribution in [2.45, 2.75) is 77.8 Å². The van der Waals surface area contributed by atoms with E-state index in [2.05, 4.69) is 31.0 Å². The van der Waals surface area contributed by atoms with Crippen LogP contribution in [0.5, 0.6) is 0 Å². The standard InChI is InChI=1S/C18H36N2O/c1-4-11-19-17-15(9-10-18(17,2)3)14-20-12-5-7-16(20)8-6-13-21/h15-17,19,21H,4-14H2,1-3H3. The van der Waals surface area contributed by atoms with Gasteiger partial charge in [0.05, 0.1) is 0 Å². The quantitative estimate of drug-likeness (QED) is 0.723. The highest BCUT2D eigenvalue weighted by atomic mass is 16.2. The predicted molar refractivity (Wildman–Crippen MR) is 89.5 cm³/mol. The predicted octanol–water partition coefficient (Wildman–Crippen LogP) is 3.03. The van der Waals surface area contributed by atoms with Crippen molar-refractivity contribution in [3.8, 4) is 0 Å². The third-order valence-corrected chi connectivity index (χ3v) is 5.75. The highest BCUT2D eigenvalue weighted by Gasteiger charge is 2.42. The molecule has 1 aliphatic carbocycles. The smallest absolute Gasteiger partial charge is 0.0431 e. The molecule has 0 aromatic rings. The molecule has 2 fully saturated rings. The minimum absolute atomic E-state index is 0.349. The summed E-state index contributed by atoms with van der Waals surface area (Å²) in [6.45, 7) is 11.2. The van der Waals surface area contributed by atoms with E-state index in [0.29, 0.717) is 18.1 Å². The Morgan fingerprint density at radius 1 is 1.29 bits per heavy atom. The Kier molecular flexibility index (Phi) is 6.51. The maximum absolute atomic E-state index is 9.08. The summed E-state index contributed by atoms with van der Waals surface area (Å²) < 4.78 is 0. The van der Waals surface area contributed by atoms with Crippen LogP contribution in [-0.2, 0) is 0 Å². The van der Waals surface area contributed by atoms with Crippen LogP contribution in [0.25, 0.3) is 0 Å². The van der Waals surface area contributed by atoms with Crippen LogP contribution in [0, 0.1) is 11.3 Å².